The Kier molecular flexibility index (Phi) is 4.46. The summed E-state index contributed by atoms with van der Waals surface area (Å²) < 4.78 is 3.66. The largest absolute Gasteiger partial charge is 0.328 e. The molecule has 1 aromatic heterocycles. The number of imidazole rings is 1. The maximum Gasteiger partial charge on any atom is 0.328 e. The summed E-state index contributed by atoms with van der Waals surface area (Å²) in [6, 6.07) is 12.6. The number of anilines is 1. The Labute approximate surface area is 169 Å². The molecule has 0 saturated carbocycles. The first-order valence-electron chi connectivity index (χ1n) is 8.06. The normalized spacial score (nSPS) is 16.1. The Hall–Kier alpha value is -2.35. The van der Waals surface area contributed by atoms with Crippen LogP contribution in [0, 0.1) is 0 Å². The van der Waals surface area contributed by atoms with Gasteiger partial charge in [-0.05, 0) is 48.0 Å². The van der Waals surface area contributed by atoms with Crippen molar-refractivity contribution in [2.75, 3.05) is 4.90 Å². The minimum Gasteiger partial charge on any atom is -0.295 e. The minimum absolute atomic E-state index is 0.0868. The Balaban J connectivity index is 1.72. The van der Waals surface area contributed by atoms with Crippen LogP contribution in [-0.2, 0) is 18.9 Å². The number of hydrogen-bond donors (Lipinski definition) is 0. The molecule has 8 heteroatoms. The first-order chi connectivity index (χ1) is 12.9. The number of hydrogen-bond acceptors (Lipinski definition) is 4. The smallest absolute Gasteiger partial charge is 0.295 e. The highest BCUT2D eigenvalue weighted by atomic mass is 35.5. The zero-order valence-corrected chi connectivity index (χ0v) is 16.9. The molecular formula is C19H14ClN3O2S2. The highest BCUT2D eigenvalue weighted by Gasteiger charge is 2.33. The lowest BCUT2D eigenvalue weighted by atomic mass is 10.1. The molecule has 0 aliphatic carbocycles. The first-order valence-corrected chi connectivity index (χ1v) is 9.66. The summed E-state index contributed by atoms with van der Waals surface area (Å²) in [5.74, 6) is -0.172. The van der Waals surface area contributed by atoms with Crippen LogP contribution in [0.3, 0.4) is 0 Å². The van der Waals surface area contributed by atoms with E-state index in [9.17, 15) is 9.59 Å². The number of aromatic nitrogens is 2. The van der Waals surface area contributed by atoms with E-state index in [0.717, 1.165) is 16.6 Å². The van der Waals surface area contributed by atoms with Crippen molar-refractivity contribution in [2.45, 2.75) is 0 Å². The van der Waals surface area contributed by atoms with Crippen molar-refractivity contribution in [1.82, 2.24) is 9.13 Å². The molecule has 1 saturated heterocycles. The number of halogens is 1. The number of aryl methyl sites for hydroxylation is 2. The molecule has 4 rings (SSSR count). The second-order valence-corrected chi connectivity index (χ2v) is 8.25. The third kappa shape index (κ3) is 3.01. The van der Waals surface area contributed by atoms with Gasteiger partial charge in [0.15, 0.2) is 4.32 Å². The summed E-state index contributed by atoms with van der Waals surface area (Å²) in [5, 5.41) is 0.599. The molecule has 1 aliphatic rings. The monoisotopic (exact) mass is 415 g/mol. The highest BCUT2D eigenvalue weighted by molar-refractivity contribution is 8.27. The Morgan fingerprint density at radius 2 is 1.67 bits per heavy atom. The summed E-state index contributed by atoms with van der Waals surface area (Å²) in [6.07, 6.45) is 1.80. The molecule has 3 aromatic rings. The molecule has 5 nitrogen and oxygen atoms in total. The van der Waals surface area contributed by atoms with Gasteiger partial charge in [-0.2, -0.15) is 0 Å². The SMILES string of the molecule is Cn1c(=O)n(C)c2cc(/C=C3/SC(=S)N(c4ccc(Cl)cc4)C3=O)ccc21. The Morgan fingerprint density at radius 3 is 2.37 bits per heavy atom. The lowest BCUT2D eigenvalue weighted by molar-refractivity contribution is -0.113. The molecule has 2 heterocycles. The quantitative estimate of drug-likeness (QED) is 0.470. The summed E-state index contributed by atoms with van der Waals surface area (Å²) >= 11 is 12.6. The van der Waals surface area contributed by atoms with E-state index < -0.39 is 0 Å². The number of nitrogens with zero attached hydrogens (tertiary/aromatic N) is 3. The maximum atomic E-state index is 12.9. The number of amides is 1. The fraction of sp³-hybridized carbons (Fsp3) is 0.105. The van der Waals surface area contributed by atoms with Crippen molar-refractivity contribution in [2.24, 2.45) is 14.1 Å². The third-order valence-corrected chi connectivity index (χ3v) is 6.03. The second kappa shape index (κ2) is 6.67. The molecular weight excluding hydrogens is 402 g/mol. The van der Waals surface area contributed by atoms with E-state index >= 15 is 0 Å². The van der Waals surface area contributed by atoms with E-state index in [-0.39, 0.29) is 11.6 Å². The Morgan fingerprint density at radius 1 is 1.00 bits per heavy atom. The van der Waals surface area contributed by atoms with Crippen molar-refractivity contribution in [3.05, 3.63) is 68.4 Å². The molecule has 27 heavy (non-hydrogen) atoms. The fourth-order valence-corrected chi connectivity index (χ4v) is 4.47. The number of benzene rings is 2. The van der Waals surface area contributed by atoms with Crippen LogP contribution < -0.4 is 10.6 Å². The predicted octanol–water partition coefficient (Wildman–Crippen LogP) is 3.94. The molecule has 136 valence electrons. The van der Waals surface area contributed by atoms with Gasteiger partial charge >= 0.3 is 5.69 Å². The van der Waals surface area contributed by atoms with Crippen LogP contribution in [0.2, 0.25) is 5.02 Å². The maximum absolute atomic E-state index is 12.9. The van der Waals surface area contributed by atoms with Crippen molar-refractivity contribution >= 4 is 68.6 Å². The molecule has 0 spiro atoms. The third-order valence-electron chi connectivity index (χ3n) is 4.47. The van der Waals surface area contributed by atoms with Crippen LogP contribution in [-0.4, -0.2) is 19.4 Å². The van der Waals surface area contributed by atoms with Gasteiger partial charge in [-0.3, -0.25) is 18.8 Å². The van der Waals surface area contributed by atoms with Crippen LogP contribution in [0.4, 0.5) is 5.69 Å². The summed E-state index contributed by atoms with van der Waals surface area (Å²) in [6.45, 7) is 0. The number of rotatable bonds is 2. The zero-order chi connectivity index (χ0) is 19.3. The van der Waals surface area contributed by atoms with Gasteiger partial charge in [-0.25, -0.2) is 4.79 Å². The van der Waals surface area contributed by atoms with E-state index in [1.165, 1.54) is 16.7 Å². The topological polar surface area (TPSA) is 47.2 Å². The van der Waals surface area contributed by atoms with Crippen LogP contribution in [0.15, 0.2) is 52.2 Å². The lowest BCUT2D eigenvalue weighted by Crippen LogP contribution is -2.27. The van der Waals surface area contributed by atoms with Crippen molar-refractivity contribution in [3.8, 4) is 0 Å². The molecule has 1 fully saturated rings. The number of fused-ring (bicyclic) bond motifs is 1. The average molecular weight is 416 g/mol. The minimum atomic E-state index is -0.172. The number of carbonyl (C=O) groups excluding carboxylic acids is 1. The summed E-state index contributed by atoms with van der Waals surface area (Å²) in [5.41, 5.74) is 3.08. The average Bonchev–Trinajstić information content (AvgIpc) is 3.04. The molecule has 1 amide bonds. The van der Waals surface area contributed by atoms with Gasteiger partial charge in [0.25, 0.3) is 5.91 Å². The van der Waals surface area contributed by atoms with Gasteiger partial charge in [0.1, 0.15) is 0 Å². The van der Waals surface area contributed by atoms with E-state index in [0.29, 0.717) is 19.9 Å². The van der Waals surface area contributed by atoms with E-state index in [1.54, 1.807) is 53.6 Å². The van der Waals surface area contributed by atoms with Crippen molar-refractivity contribution in [1.29, 1.82) is 0 Å². The highest BCUT2D eigenvalue weighted by Crippen LogP contribution is 2.36. The van der Waals surface area contributed by atoms with Gasteiger partial charge < -0.3 is 0 Å². The van der Waals surface area contributed by atoms with Gasteiger partial charge in [0, 0.05) is 19.1 Å². The summed E-state index contributed by atoms with van der Waals surface area (Å²) in [4.78, 5) is 27.0. The first kappa shape index (κ1) is 18.0. The molecule has 0 atom stereocenters. The van der Waals surface area contributed by atoms with E-state index in [2.05, 4.69) is 0 Å². The van der Waals surface area contributed by atoms with E-state index in [4.69, 9.17) is 23.8 Å². The molecule has 0 unspecified atom stereocenters. The van der Waals surface area contributed by atoms with Crippen LogP contribution in [0.1, 0.15) is 5.56 Å². The lowest BCUT2D eigenvalue weighted by Gasteiger charge is -2.14. The summed E-state index contributed by atoms with van der Waals surface area (Å²) in [7, 11) is 3.47. The molecule has 0 radical (unpaired) electrons. The molecule has 1 aliphatic heterocycles. The standard InChI is InChI=1S/C19H14ClN3O2S2/c1-21-14-8-3-11(9-15(14)22(2)18(21)25)10-16-17(24)23(19(26)27-16)13-6-4-12(20)5-7-13/h3-10H,1-2H3/b16-10+. The second-order valence-electron chi connectivity index (χ2n) is 6.14. The Bertz CT molecular complexity index is 1190. The molecule has 2 aromatic carbocycles. The number of thioether (sulfide) groups is 1. The van der Waals surface area contributed by atoms with E-state index in [1.807, 2.05) is 18.2 Å². The van der Waals surface area contributed by atoms with Gasteiger partial charge in [-0.15, -0.1) is 0 Å². The molecule has 0 N–H and O–H groups in total. The van der Waals surface area contributed by atoms with Crippen LogP contribution >= 0.6 is 35.6 Å². The van der Waals surface area contributed by atoms with Crippen LogP contribution in [0.25, 0.3) is 17.1 Å². The van der Waals surface area contributed by atoms with Crippen molar-refractivity contribution < 1.29 is 4.79 Å². The fourth-order valence-electron chi connectivity index (χ4n) is 3.05. The van der Waals surface area contributed by atoms with Crippen molar-refractivity contribution in [3.63, 3.8) is 0 Å². The van der Waals surface area contributed by atoms with Gasteiger partial charge in [-0.1, -0.05) is 41.6 Å². The number of thiocarbonyl (C=S) groups is 1. The van der Waals surface area contributed by atoms with Gasteiger partial charge in [0.2, 0.25) is 0 Å². The van der Waals surface area contributed by atoms with Gasteiger partial charge in [0.05, 0.1) is 21.6 Å². The van der Waals surface area contributed by atoms with Crippen LogP contribution in [0.5, 0.6) is 0 Å². The predicted molar refractivity (Wildman–Crippen MR) is 115 cm³/mol. The zero-order valence-electron chi connectivity index (χ0n) is 14.5. The molecule has 0 bridgehead atoms. The number of carbonyl (C=O) groups is 1.